The summed E-state index contributed by atoms with van der Waals surface area (Å²) in [4.78, 5) is 11.8. The number of hydrogen-bond acceptors (Lipinski definition) is 5. The lowest BCUT2D eigenvalue weighted by molar-refractivity contribution is -0.125. The molecule has 0 spiro atoms. The molecule has 23 heavy (non-hydrogen) atoms. The number of nitrogens with zero attached hydrogens (tertiary/aromatic N) is 1. The molecule has 3 rings (SSSR count). The molecule has 0 aromatic heterocycles. The van der Waals surface area contributed by atoms with Gasteiger partial charge in [0.25, 0.3) is 0 Å². The number of hydrogen-bond donors (Lipinski definition) is 1. The molecule has 2 heterocycles. The molecule has 8 heteroatoms. The van der Waals surface area contributed by atoms with Crippen LogP contribution in [0.1, 0.15) is 12.8 Å². The highest BCUT2D eigenvalue weighted by Crippen LogP contribution is 2.34. The first-order valence-electron chi connectivity index (χ1n) is 7.64. The Kier molecular flexibility index (Phi) is 4.45. The smallest absolute Gasteiger partial charge is 0.243 e. The molecule has 0 bridgehead atoms. The van der Waals surface area contributed by atoms with Gasteiger partial charge in [0.15, 0.2) is 11.5 Å². The van der Waals surface area contributed by atoms with Gasteiger partial charge in [-0.2, -0.15) is 4.31 Å². The predicted molar refractivity (Wildman–Crippen MR) is 83.0 cm³/mol. The van der Waals surface area contributed by atoms with Crippen LogP contribution in [-0.2, 0) is 14.8 Å². The van der Waals surface area contributed by atoms with Crippen molar-refractivity contribution in [3.63, 3.8) is 0 Å². The van der Waals surface area contributed by atoms with Gasteiger partial charge in [-0.3, -0.25) is 4.79 Å². The first-order valence-corrected chi connectivity index (χ1v) is 9.08. The molecule has 1 aromatic carbocycles. The molecule has 0 saturated carbocycles. The van der Waals surface area contributed by atoms with E-state index in [-0.39, 0.29) is 16.7 Å². The average Bonchev–Trinajstić information content (AvgIpc) is 2.60. The molecule has 0 aliphatic carbocycles. The Hall–Kier alpha value is -1.80. The molecule has 2 aliphatic heterocycles. The largest absolute Gasteiger partial charge is 0.486 e. The van der Waals surface area contributed by atoms with Crippen molar-refractivity contribution in [2.24, 2.45) is 5.92 Å². The second-order valence-corrected chi connectivity index (χ2v) is 7.54. The fraction of sp³-hybridized carbons (Fsp3) is 0.533. The van der Waals surface area contributed by atoms with E-state index >= 15 is 0 Å². The highest BCUT2D eigenvalue weighted by molar-refractivity contribution is 7.89. The van der Waals surface area contributed by atoms with Crippen molar-refractivity contribution >= 4 is 15.9 Å². The molecular formula is C15H20N2O5S. The number of amides is 1. The van der Waals surface area contributed by atoms with E-state index in [0.717, 1.165) is 0 Å². The third-order valence-corrected chi connectivity index (χ3v) is 6.12. The number of fused-ring (bicyclic) bond motifs is 1. The zero-order valence-corrected chi connectivity index (χ0v) is 13.8. The Bertz CT molecular complexity index is 696. The molecule has 1 aromatic rings. The van der Waals surface area contributed by atoms with E-state index in [2.05, 4.69) is 5.32 Å². The van der Waals surface area contributed by atoms with Crippen molar-refractivity contribution in [3.8, 4) is 11.5 Å². The van der Waals surface area contributed by atoms with Crippen molar-refractivity contribution in [3.05, 3.63) is 18.2 Å². The molecule has 0 atom stereocenters. The van der Waals surface area contributed by atoms with E-state index in [1.165, 1.54) is 16.4 Å². The molecular weight excluding hydrogens is 320 g/mol. The SMILES string of the molecule is CNC(=O)C1CCN(S(=O)(=O)c2ccc3c(c2)OCCO3)CC1. The summed E-state index contributed by atoms with van der Waals surface area (Å²) >= 11 is 0. The van der Waals surface area contributed by atoms with Crippen molar-refractivity contribution in [2.75, 3.05) is 33.4 Å². The van der Waals surface area contributed by atoms with Crippen LogP contribution in [0.5, 0.6) is 11.5 Å². The van der Waals surface area contributed by atoms with Crippen LogP contribution in [-0.4, -0.2) is 52.0 Å². The Morgan fingerprint density at radius 2 is 1.83 bits per heavy atom. The van der Waals surface area contributed by atoms with Gasteiger partial charge in [0.2, 0.25) is 15.9 Å². The molecule has 1 saturated heterocycles. The Labute approximate surface area is 135 Å². The summed E-state index contributed by atoms with van der Waals surface area (Å²) in [7, 11) is -1.99. The minimum Gasteiger partial charge on any atom is -0.486 e. The minimum absolute atomic E-state index is 0.0265. The summed E-state index contributed by atoms with van der Waals surface area (Å²) in [5.74, 6) is 0.874. The fourth-order valence-corrected chi connectivity index (χ4v) is 4.38. The second kappa shape index (κ2) is 6.37. The van der Waals surface area contributed by atoms with Gasteiger partial charge in [-0.15, -0.1) is 0 Å². The van der Waals surface area contributed by atoms with Gasteiger partial charge in [0, 0.05) is 32.1 Å². The number of nitrogens with one attached hydrogen (secondary N) is 1. The van der Waals surface area contributed by atoms with Gasteiger partial charge in [-0.05, 0) is 25.0 Å². The van der Waals surface area contributed by atoms with Crippen LogP contribution >= 0.6 is 0 Å². The van der Waals surface area contributed by atoms with Crippen LogP contribution < -0.4 is 14.8 Å². The van der Waals surface area contributed by atoms with Crippen molar-refractivity contribution in [1.29, 1.82) is 0 Å². The number of sulfonamides is 1. The quantitative estimate of drug-likeness (QED) is 0.871. The summed E-state index contributed by atoms with van der Waals surface area (Å²) < 4.78 is 37.8. The first kappa shape index (κ1) is 16.1. The Morgan fingerprint density at radius 3 is 2.48 bits per heavy atom. The maximum Gasteiger partial charge on any atom is 0.243 e. The number of carbonyl (C=O) groups excluding carboxylic acids is 1. The summed E-state index contributed by atoms with van der Waals surface area (Å²) in [5.41, 5.74) is 0. The molecule has 1 N–H and O–H groups in total. The van der Waals surface area contributed by atoms with Gasteiger partial charge in [-0.1, -0.05) is 0 Å². The van der Waals surface area contributed by atoms with Crippen molar-refractivity contribution in [1.82, 2.24) is 9.62 Å². The maximum absolute atomic E-state index is 12.7. The third kappa shape index (κ3) is 3.13. The van der Waals surface area contributed by atoms with Crippen LogP contribution in [0.4, 0.5) is 0 Å². The van der Waals surface area contributed by atoms with E-state index in [0.29, 0.717) is 50.6 Å². The van der Waals surface area contributed by atoms with E-state index in [1.54, 1.807) is 13.1 Å². The molecule has 7 nitrogen and oxygen atoms in total. The minimum atomic E-state index is -3.59. The Morgan fingerprint density at radius 1 is 1.17 bits per heavy atom. The zero-order chi connectivity index (χ0) is 16.4. The Balaban J connectivity index is 1.76. The molecule has 0 unspecified atom stereocenters. The van der Waals surface area contributed by atoms with Crippen LogP contribution in [0.3, 0.4) is 0 Å². The van der Waals surface area contributed by atoms with Crippen molar-refractivity contribution in [2.45, 2.75) is 17.7 Å². The van der Waals surface area contributed by atoms with E-state index in [4.69, 9.17) is 9.47 Å². The summed E-state index contributed by atoms with van der Waals surface area (Å²) in [6, 6.07) is 4.67. The van der Waals surface area contributed by atoms with Gasteiger partial charge < -0.3 is 14.8 Å². The van der Waals surface area contributed by atoms with Gasteiger partial charge >= 0.3 is 0 Å². The number of piperidine rings is 1. The zero-order valence-electron chi connectivity index (χ0n) is 12.9. The summed E-state index contributed by atoms with van der Waals surface area (Å²) in [6.45, 7) is 1.56. The molecule has 0 radical (unpaired) electrons. The highest BCUT2D eigenvalue weighted by atomic mass is 32.2. The predicted octanol–water partition coefficient (Wildman–Crippen LogP) is 0.605. The standard InChI is InChI=1S/C15H20N2O5S/c1-16-15(18)11-4-6-17(7-5-11)23(19,20)12-2-3-13-14(10-12)22-9-8-21-13/h2-3,10-11H,4-9H2,1H3,(H,16,18). The van der Waals surface area contributed by atoms with Gasteiger partial charge in [0.05, 0.1) is 4.90 Å². The lowest BCUT2D eigenvalue weighted by Gasteiger charge is -2.30. The number of ether oxygens (including phenoxy) is 2. The molecule has 126 valence electrons. The van der Waals surface area contributed by atoms with Crippen LogP contribution in [0.25, 0.3) is 0 Å². The maximum atomic E-state index is 12.7. The summed E-state index contributed by atoms with van der Waals surface area (Å²) in [6.07, 6.45) is 1.06. The topological polar surface area (TPSA) is 84.9 Å². The van der Waals surface area contributed by atoms with Crippen molar-refractivity contribution < 1.29 is 22.7 Å². The first-order chi connectivity index (χ1) is 11.0. The summed E-state index contributed by atoms with van der Waals surface area (Å²) in [5, 5.41) is 2.62. The fourth-order valence-electron chi connectivity index (χ4n) is 2.90. The van der Waals surface area contributed by atoms with Gasteiger partial charge in [0.1, 0.15) is 13.2 Å². The normalized spacial score (nSPS) is 19.3. The van der Waals surface area contributed by atoms with E-state index in [9.17, 15) is 13.2 Å². The number of benzene rings is 1. The number of rotatable bonds is 3. The van der Waals surface area contributed by atoms with E-state index < -0.39 is 10.0 Å². The monoisotopic (exact) mass is 340 g/mol. The van der Waals surface area contributed by atoms with Crippen LogP contribution in [0.15, 0.2) is 23.1 Å². The van der Waals surface area contributed by atoms with Crippen LogP contribution in [0.2, 0.25) is 0 Å². The third-order valence-electron chi connectivity index (χ3n) is 4.22. The van der Waals surface area contributed by atoms with E-state index in [1.807, 2.05) is 0 Å². The molecule has 1 fully saturated rings. The van der Waals surface area contributed by atoms with Crippen LogP contribution in [0, 0.1) is 5.92 Å². The molecule has 1 amide bonds. The number of carbonyl (C=O) groups is 1. The highest BCUT2D eigenvalue weighted by Gasteiger charge is 2.32. The lowest BCUT2D eigenvalue weighted by atomic mass is 9.97. The second-order valence-electron chi connectivity index (χ2n) is 5.60. The van der Waals surface area contributed by atoms with Gasteiger partial charge in [-0.25, -0.2) is 8.42 Å². The molecule has 2 aliphatic rings. The lowest BCUT2D eigenvalue weighted by Crippen LogP contribution is -2.42. The average molecular weight is 340 g/mol.